The van der Waals surface area contributed by atoms with Crippen LogP contribution in [0.1, 0.15) is 12.0 Å². The Labute approximate surface area is 164 Å². The molecule has 1 aliphatic heterocycles. The topological polar surface area (TPSA) is 93.1 Å². The first-order valence-corrected chi connectivity index (χ1v) is 9.61. The van der Waals surface area contributed by atoms with Crippen LogP contribution in [0.15, 0.2) is 42.5 Å². The van der Waals surface area contributed by atoms with Crippen molar-refractivity contribution < 1.29 is 19.8 Å². The molecule has 28 heavy (non-hydrogen) atoms. The van der Waals surface area contributed by atoms with Gasteiger partial charge in [-0.3, -0.25) is 14.5 Å². The molecule has 7 nitrogen and oxygen atoms in total. The van der Waals surface area contributed by atoms with Gasteiger partial charge < -0.3 is 20.4 Å². The third kappa shape index (κ3) is 4.86. The molecule has 1 aliphatic rings. The van der Waals surface area contributed by atoms with E-state index >= 15 is 0 Å². The maximum absolute atomic E-state index is 12.6. The number of fused-ring (bicyclic) bond motifs is 1. The first-order chi connectivity index (χ1) is 13.6. The van der Waals surface area contributed by atoms with Crippen LogP contribution >= 0.6 is 0 Å². The number of carbonyl (C=O) groups is 2. The second-order valence-electron chi connectivity index (χ2n) is 6.99. The smallest absolute Gasteiger partial charge is 0.237 e. The van der Waals surface area contributed by atoms with Gasteiger partial charge in [0.1, 0.15) is 0 Å². The summed E-state index contributed by atoms with van der Waals surface area (Å²) >= 11 is 0. The van der Waals surface area contributed by atoms with Crippen molar-refractivity contribution in [1.82, 2.24) is 15.1 Å². The van der Waals surface area contributed by atoms with E-state index in [0.717, 1.165) is 16.3 Å². The highest BCUT2D eigenvalue weighted by molar-refractivity contribution is 5.89. The van der Waals surface area contributed by atoms with E-state index in [1.807, 2.05) is 17.0 Å². The number of hydrogen-bond donors (Lipinski definition) is 3. The van der Waals surface area contributed by atoms with Crippen LogP contribution in [0.25, 0.3) is 10.8 Å². The van der Waals surface area contributed by atoms with Crippen LogP contribution in [0.4, 0.5) is 0 Å². The van der Waals surface area contributed by atoms with Crippen molar-refractivity contribution in [2.75, 3.05) is 39.4 Å². The van der Waals surface area contributed by atoms with Crippen LogP contribution in [0.3, 0.4) is 0 Å². The van der Waals surface area contributed by atoms with E-state index < -0.39 is 6.04 Å². The molecule has 150 valence electrons. The summed E-state index contributed by atoms with van der Waals surface area (Å²) in [4.78, 5) is 28.5. The second kappa shape index (κ2) is 9.64. The lowest BCUT2D eigenvalue weighted by Gasteiger charge is -2.35. The van der Waals surface area contributed by atoms with E-state index in [1.54, 1.807) is 0 Å². The van der Waals surface area contributed by atoms with Gasteiger partial charge in [-0.25, -0.2) is 0 Å². The Morgan fingerprint density at radius 1 is 1.11 bits per heavy atom. The SMILES string of the molecule is O=C1NCCN(Cc2ccc3ccccc3c2)[C@H]1CC(=O)N(CCO)CCO. The van der Waals surface area contributed by atoms with Crippen LogP contribution in [0.2, 0.25) is 0 Å². The highest BCUT2D eigenvalue weighted by Crippen LogP contribution is 2.19. The van der Waals surface area contributed by atoms with Crippen molar-refractivity contribution in [1.29, 1.82) is 0 Å². The predicted octanol–water partition coefficient (Wildman–Crippen LogP) is 0.343. The Bertz CT molecular complexity index is 820. The maximum atomic E-state index is 12.6. The molecular formula is C21H27N3O4. The van der Waals surface area contributed by atoms with Gasteiger partial charge in [0.05, 0.1) is 25.7 Å². The average molecular weight is 385 g/mol. The van der Waals surface area contributed by atoms with Crippen LogP contribution < -0.4 is 5.32 Å². The van der Waals surface area contributed by atoms with E-state index in [9.17, 15) is 9.59 Å². The summed E-state index contributed by atoms with van der Waals surface area (Å²) < 4.78 is 0. The molecule has 3 rings (SSSR count). The number of benzene rings is 2. The van der Waals surface area contributed by atoms with Gasteiger partial charge in [0.25, 0.3) is 0 Å². The van der Waals surface area contributed by atoms with Crippen molar-refractivity contribution in [3.05, 3.63) is 48.0 Å². The van der Waals surface area contributed by atoms with Gasteiger partial charge in [-0.1, -0.05) is 36.4 Å². The van der Waals surface area contributed by atoms with E-state index in [2.05, 4.69) is 35.6 Å². The van der Waals surface area contributed by atoms with E-state index in [1.165, 1.54) is 4.90 Å². The molecule has 0 aromatic heterocycles. The summed E-state index contributed by atoms with van der Waals surface area (Å²) in [7, 11) is 0. The zero-order chi connectivity index (χ0) is 19.9. The number of nitrogens with zero attached hydrogens (tertiary/aromatic N) is 2. The number of piperazine rings is 1. The predicted molar refractivity (Wildman–Crippen MR) is 107 cm³/mol. The summed E-state index contributed by atoms with van der Waals surface area (Å²) in [6.07, 6.45) is 0.0272. The second-order valence-corrected chi connectivity index (χ2v) is 6.99. The van der Waals surface area contributed by atoms with Gasteiger partial charge in [-0.05, 0) is 22.4 Å². The summed E-state index contributed by atoms with van der Waals surface area (Å²) in [5, 5.41) is 23.4. The Kier molecular flexibility index (Phi) is 6.97. The first-order valence-electron chi connectivity index (χ1n) is 9.61. The maximum Gasteiger partial charge on any atom is 0.237 e. The number of carbonyl (C=O) groups excluding carboxylic acids is 2. The van der Waals surface area contributed by atoms with Gasteiger partial charge in [-0.2, -0.15) is 0 Å². The van der Waals surface area contributed by atoms with E-state index in [0.29, 0.717) is 19.6 Å². The molecule has 2 aromatic carbocycles. The Hall–Kier alpha value is -2.48. The molecule has 7 heteroatoms. The summed E-state index contributed by atoms with van der Waals surface area (Å²) in [5.74, 6) is -0.401. The zero-order valence-corrected chi connectivity index (χ0v) is 15.9. The summed E-state index contributed by atoms with van der Waals surface area (Å²) in [6, 6.07) is 13.8. The van der Waals surface area contributed by atoms with Crippen molar-refractivity contribution in [2.45, 2.75) is 19.0 Å². The van der Waals surface area contributed by atoms with Crippen molar-refractivity contribution in [3.63, 3.8) is 0 Å². The van der Waals surface area contributed by atoms with E-state index in [4.69, 9.17) is 10.2 Å². The van der Waals surface area contributed by atoms with Crippen LogP contribution in [0.5, 0.6) is 0 Å². The fourth-order valence-corrected chi connectivity index (χ4v) is 3.64. The number of amides is 2. The monoisotopic (exact) mass is 385 g/mol. The van der Waals surface area contributed by atoms with Gasteiger partial charge >= 0.3 is 0 Å². The minimum Gasteiger partial charge on any atom is -0.395 e. The average Bonchev–Trinajstić information content (AvgIpc) is 2.70. The van der Waals surface area contributed by atoms with E-state index in [-0.39, 0.29) is 44.5 Å². The molecule has 0 aliphatic carbocycles. The minimum atomic E-state index is -0.562. The molecule has 2 aromatic rings. The molecule has 0 bridgehead atoms. The minimum absolute atomic E-state index is 0.0272. The molecule has 1 atom stereocenters. The number of hydrogen-bond acceptors (Lipinski definition) is 5. The van der Waals surface area contributed by atoms with Crippen molar-refractivity contribution in [2.24, 2.45) is 0 Å². The molecule has 2 amide bonds. The molecule has 3 N–H and O–H groups in total. The number of aliphatic hydroxyl groups is 2. The standard InChI is InChI=1S/C21H27N3O4/c25-11-9-23(10-12-26)20(27)14-19-21(28)22-7-8-24(19)15-16-5-6-17-3-1-2-4-18(17)13-16/h1-6,13,19,25-26H,7-12,14-15H2,(H,22,28)/t19-/m0/s1. The quantitative estimate of drug-likeness (QED) is 0.610. The highest BCUT2D eigenvalue weighted by atomic mass is 16.3. The van der Waals surface area contributed by atoms with Gasteiger partial charge in [0, 0.05) is 32.7 Å². The lowest BCUT2D eigenvalue weighted by atomic mass is 10.0. The van der Waals surface area contributed by atoms with Crippen LogP contribution in [-0.2, 0) is 16.1 Å². The lowest BCUT2D eigenvalue weighted by molar-refractivity contribution is -0.139. The fraction of sp³-hybridized carbons (Fsp3) is 0.429. The van der Waals surface area contributed by atoms with Gasteiger partial charge in [0.2, 0.25) is 11.8 Å². The molecule has 0 radical (unpaired) electrons. The lowest BCUT2D eigenvalue weighted by Crippen LogP contribution is -2.56. The molecule has 0 saturated carbocycles. The molecule has 1 saturated heterocycles. The largest absolute Gasteiger partial charge is 0.395 e. The Balaban J connectivity index is 1.74. The van der Waals surface area contributed by atoms with Crippen LogP contribution in [0, 0.1) is 0 Å². The third-order valence-electron chi connectivity index (χ3n) is 5.10. The highest BCUT2D eigenvalue weighted by Gasteiger charge is 2.32. The molecule has 0 spiro atoms. The summed E-state index contributed by atoms with van der Waals surface area (Å²) in [6.45, 7) is 1.74. The van der Waals surface area contributed by atoms with Crippen molar-refractivity contribution >= 4 is 22.6 Å². The molecule has 1 heterocycles. The van der Waals surface area contributed by atoms with Gasteiger partial charge in [-0.15, -0.1) is 0 Å². The normalized spacial score (nSPS) is 17.5. The summed E-state index contributed by atoms with van der Waals surface area (Å²) in [5.41, 5.74) is 1.09. The van der Waals surface area contributed by atoms with Crippen LogP contribution in [-0.4, -0.2) is 77.3 Å². The number of rotatable bonds is 8. The third-order valence-corrected chi connectivity index (χ3v) is 5.10. The number of nitrogens with one attached hydrogen (secondary N) is 1. The fourth-order valence-electron chi connectivity index (χ4n) is 3.64. The van der Waals surface area contributed by atoms with Crippen molar-refractivity contribution in [3.8, 4) is 0 Å². The Morgan fingerprint density at radius 3 is 2.54 bits per heavy atom. The Morgan fingerprint density at radius 2 is 1.82 bits per heavy atom. The van der Waals surface area contributed by atoms with Gasteiger partial charge in [0.15, 0.2) is 0 Å². The first kappa shape index (κ1) is 20.3. The molecule has 1 fully saturated rings. The molecular weight excluding hydrogens is 358 g/mol. The number of aliphatic hydroxyl groups excluding tert-OH is 2. The molecule has 0 unspecified atom stereocenters. The zero-order valence-electron chi connectivity index (χ0n) is 15.9.